The molecule has 0 aromatic rings. The smallest absolute Gasteiger partial charge is 0.0460 e. The summed E-state index contributed by atoms with van der Waals surface area (Å²) in [6, 6.07) is 0. The van der Waals surface area contributed by atoms with E-state index in [-0.39, 0.29) is 0 Å². The van der Waals surface area contributed by atoms with Crippen LogP contribution >= 0.6 is 0 Å². The highest BCUT2D eigenvalue weighted by Crippen LogP contribution is 2.14. The Hall–Kier alpha value is -0.0800. The Morgan fingerprint density at radius 1 is 1.44 bits per heavy atom. The molecule has 1 fully saturated rings. The normalized spacial score (nSPS) is 24.7. The molecule has 2 heteroatoms. The maximum absolute atomic E-state index is 8.74. The Morgan fingerprint density at radius 3 is 2.44 bits per heavy atom. The Balaban J connectivity index is 2.18. The molecule has 2 nitrogen and oxygen atoms in total. The first-order chi connectivity index (χ1) is 4.33. The molecule has 1 N–H and O–H groups in total. The van der Waals surface area contributed by atoms with Gasteiger partial charge in [-0.15, -0.1) is 0 Å². The van der Waals surface area contributed by atoms with E-state index >= 15 is 0 Å². The van der Waals surface area contributed by atoms with E-state index in [0.717, 1.165) is 25.9 Å². The van der Waals surface area contributed by atoms with Crippen LogP contribution in [0.1, 0.15) is 12.8 Å². The van der Waals surface area contributed by atoms with Gasteiger partial charge >= 0.3 is 0 Å². The van der Waals surface area contributed by atoms with Gasteiger partial charge < -0.3 is 10.0 Å². The molecule has 0 aliphatic carbocycles. The van der Waals surface area contributed by atoms with Crippen molar-refractivity contribution in [2.45, 2.75) is 12.8 Å². The zero-order valence-corrected chi connectivity index (χ0v) is 5.71. The lowest BCUT2D eigenvalue weighted by Crippen LogP contribution is -2.29. The maximum Gasteiger partial charge on any atom is 0.0460 e. The summed E-state index contributed by atoms with van der Waals surface area (Å²) in [7, 11) is 3.82. The van der Waals surface area contributed by atoms with E-state index < -0.39 is 0 Å². The highest BCUT2D eigenvalue weighted by molar-refractivity contribution is 4.70. The number of aliphatic hydroxyl groups is 1. The van der Waals surface area contributed by atoms with Crippen LogP contribution in [0.15, 0.2) is 0 Å². The summed E-state index contributed by atoms with van der Waals surface area (Å²) < 4.78 is 0. The number of rotatable bonds is 1. The molecule has 0 spiro atoms. The largest absolute Gasteiger partial charge is 0.459 e. The summed E-state index contributed by atoms with van der Waals surface area (Å²) >= 11 is 0. The first kappa shape index (κ1) is 7.03. The summed E-state index contributed by atoms with van der Waals surface area (Å²) in [5, 5.41) is 8.74. The fourth-order valence-electron chi connectivity index (χ4n) is 1.17. The topological polar surface area (TPSA) is 23.5 Å². The van der Waals surface area contributed by atoms with E-state index in [1.165, 1.54) is 0 Å². The van der Waals surface area contributed by atoms with Crippen LogP contribution in [0.3, 0.4) is 0 Å². The van der Waals surface area contributed by atoms with Crippen molar-refractivity contribution in [2.24, 2.45) is 5.92 Å². The lowest BCUT2D eigenvalue weighted by molar-refractivity contribution is 0.156. The minimum absolute atomic E-state index is 0.355. The van der Waals surface area contributed by atoms with Crippen molar-refractivity contribution in [3.05, 3.63) is 7.05 Å². The molecule has 1 saturated heterocycles. The summed E-state index contributed by atoms with van der Waals surface area (Å²) in [6.45, 7) is 2.45. The number of hydrogen-bond acceptors (Lipinski definition) is 2. The molecule has 0 aromatic carbocycles. The first-order valence-electron chi connectivity index (χ1n) is 3.49. The van der Waals surface area contributed by atoms with Gasteiger partial charge in [0.15, 0.2) is 0 Å². The van der Waals surface area contributed by atoms with Crippen LogP contribution in [0.25, 0.3) is 0 Å². The van der Waals surface area contributed by atoms with Gasteiger partial charge in [-0.05, 0) is 31.8 Å². The van der Waals surface area contributed by atoms with E-state index in [1.54, 1.807) is 0 Å². The molecule has 0 bridgehead atoms. The summed E-state index contributed by atoms with van der Waals surface area (Å²) in [5.74, 6) is 0.544. The van der Waals surface area contributed by atoms with Crippen LogP contribution in [0.2, 0.25) is 0 Å². The van der Waals surface area contributed by atoms with Crippen LogP contribution in [0.5, 0.6) is 0 Å². The number of piperidine rings is 1. The zero-order valence-electron chi connectivity index (χ0n) is 5.71. The molecule has 1 aliphatic heterocycles. The number of hydrogen-bond donors (Lipinski definition) is 1. The average molecular weight is 128 g/mol. The van der Waals surface area contributed by atoms with Crippen molar-refractivity contribution in [3.8, 4) is 0 Å². The predicted octanol–water partition coefficient (Wildman–Crippen LogP) is 0.482. The van der Waals surface area contributed by atoms with Gasteiger partial charge in [-0.3, -0.25) is 7.05 Å². The highest BCUT2D eigenvalue weighted by atomic mass is 16.3. The summed E-state index contributed by atoms with van der Waals surface area (Å²) in [4.78, 5) is 2.06. The third-order valence-electron chi connectivity index (χ3n) is 1.97. The predicted molar refractivity (Wildman–Crippen MR) is 36.7 cm³/mol. The molecule has 0 atom stereocenters. The molecule has 0 amide bonds. The van der Waals surface area contributed by atoms with Gasteiger partial charge in [0.05, 0.1) is 0 Å². The third-order valence-corrected chi connectivity index (χ3v) is 1.97. The van der Waals surface area contributed by atoms with Crippen molar-refractivity contribution in [1.82, 2.24) is 4.90 Å². The standard InChI is InChI=1S/C7H14NO/c1-8-4-2-7(6-9)3-5-8/h7,9H,1-6H2/q-1. The number of likely N-dealkylation sites (tertiary alicyclic amines) is 1. The first-order valence-corrected chi connectivity index (χ1v) is 3.49. The van der Waals surface area contributed by atoms with Crippen LogP contribution in [0, 0.1) is 13.0 Å². The fraction of sp³-hybridized carbons (Fsp3) is 0.857. The number of nitrogens with zero attached hydrogens (tertiary/aromatic N) is 1. The molecule has 0 saturated carbocycles. The molecular weight excluding hydrogens is 114 g/mol. The van der Waals surface area contributed by atoms with Gasteiger partial charge in [0.2, 0.25) is 0 Å². The lowest BCUT2D eigenvalue weighted by Gasteiger charge is -2.33. The second-order valence-corrected chi connectivity index (χ2v) is 2.74. The minimum Gasteiger partial charge on any atom is -0.459 e. The van der Waals surface area contributed by atoms with E-state index in [9.17, 15) is 0 Å². The molecule has 0 aromatic heterocycles. The Labute approximate surface area is 56.5 Å². The number of aliphatic hydroxyl groups excluding tert-OH is 1. The zero-order chi connectivity index (χ0) is 6.69. The Bertz CT molecular complexity index is 77.0. The lowest BCUT2D eigenvalue weighted by atomic mass is 9.98. The summed E-state index contributed by atoms with van der Waals surface area (Å²) in [6.07, 6.45) is 2.22. The Morgan fingerprint density at radius 2 is 2.00 bits per heavy atom. The third kappa shape index (κ3) is 1.95. The molecule has 0 radical (unpaired) electrons. The molecule has 0 unspecified atom stereocenters. The van der Waals surface area contributed by atoms with E-state index in [0.29, 0.717) is 12.5 Å². The van der Waals surface area contributed by atoms with Gasteiger partial charge in [0, 0.05) is 6.61 Å². The Kier molecular flexibility index (Phi) is 2.49. The van der Waals surface area contributed by atoms with Gasteiger partial charge in [-0.2, -0.15) is 0 Å². The van der Waals surface area contributed by atoms with Crippen molar-refractivity contribution >= 4 is 0 Å². The average Bonchev–Trinajstić information content (AvgIpc) is 1.90. The van der Waals surface area contributed by atoms with Crippen LogP contribution < -0.4 is 0 Å². The van der Waals surface area contributed by atoms with Crippen LogP contribution in [0.4, 0.5) is 0 Å². The monoisotopic (exact) mass is 128 g/mol. The molecule has 9 heavy (non-hydrogen) atoms. The van der Waals surface area contributed by atoms with E-state index in [4.69, 9.17) is 5.11 Å². The van der Waals surface area contributed by atoms with E-state index in [2.05, 4.69) is 11.9 Å². The minimum atomic E-state index is 0.355. The second-order valence-electron chi connectivity index (χ2n) is 2.74. The van der Waals surface area contributed by atoms with Gasteiger partial charge in [0.1, 0.15) is 0 Å². The van der Waals surface area contributed by atoms with Crippen LogP contribution in [-0.4, -0.2) is 29.7 Å². The molecule has 1 aliphatic rings. The van der Waals surface area contributed by atoms with Gasteiger partial charge in [-0.25, -0.2) is 0 Å². The van der Waals surface area contributed by atoms with Gasteiger partial charge in [-0.1, -0.05) is 0 Å². The maximum atomic E-state index is 8.74. The molecule has 54 valence electrons. The van der Waals surface area contributed by atoms with Crippen molar-refractivity contribution in [2.75, 3.05) is 19.7 Å². The summed E-state index contributed by atoms with van der Waals surface area (Å²) in [5.41, 5.74) is 0. The SMILES string of the molecule is [CH2-]N1CCC(CO)CC1. The van der Waals surface area contributed by atoms with E-state index in [1.807, 2.05) is 0 Å². The van der Waals surface area contributed by atoms with Crippen molar-refractivity contribution in [1.29, 1.82) is 0 Å². The quantitative estimate of drug-likeness (QED) is 0.519. The van der Waals surface area contributed by atoms with Gasteiger partial charge in [0.25, 0.3) is 0 Å². The van der Waals surface area contributed by atoms with Crippen molar-refractivity contribution < 1.29 is 5.11 Å². The highest BCUT2D eigenvalue weighted by Gasteiger charge is 2.11. The fourth-order valence-corrected chi connectivity index (χ4v) is 1.17. The van der Waals surface area contributed by atoms with Crippen molar-refractivity contribution in [3.63, 3.8) is 0 Å². The molecule has 1 heterocycles. The molecular formula is C7H14NO-. The second kappa shape index (κ2) is 3.18. The van der Waals surface area contributed by atoms with Crippen LogP contribution in [-0.2, 0) is 0 Å². The molecule has 1 rings (SSSR count).